The van der Waals surface area contributed by atoms with E-state index in [1.54, 1.807) is 18.2 Å². The molecule has 3 aromatic carbocycles. The first-order valence-electron chi connectivity index (χ1n) is 9.53. The maximum Gasteiger partial charge on any atom is 0.172 e. The number of halogens is 2. The van der Waals surface area contributed by atoms with Gasteiger partial charge >= 0.3 is 0 Å². The maximum atomic E-state index is 14.1. The normalized spacial score (nSPS) is 16.9. The molecule has 3 heteroatoms. The maximum absolute atomic E-state index is 14.1. The van der Waals surface area contributed by atoms with Crippen LogP contribution in [0, 0.1) is 11.7 Å². The van der Waals surface area contributed by atoms with Crippen molar-refractivity contribution in [2.75, 3.05) is 0 Å². The van der Waals surface area contributed by atoms with Crippen molar-refractivity contribution in [3.05, 3.63) is 92.0 Å². The molecular formula is C25H18BrFO. The van der Waals surface area contributed by atoms with E-state index in [4.69, 9.17) is 0 Å². The van der Waals surface area contributed by atoms with E-state index in [0.717, 1.165) is 29.0 Å². The van der Waals surface area contributed by atoms with Gasteiger partial charge in [-0.1, -0.05) is 58.4 Å². The van der Waals surface area contributed by atoms with Crippen LogP contribution in [0.15, 0.2) is 59.1 Å². The standard InChI is InChI=1S/C25H18BrFO/c26-18-10-7-16-9-11-19-20(23(16)14-18)12-8-15-5-6-17(13-22(15)19)25(28)21-3-1-2-4-24(21)27/h1-4,7-8,10-14,17H,5-6,9H2. The van der Waals surface area contributed by atoms with Crippen molar-refractivity contribution in [3.8, 4) is 11.1 Å². The second kappa shape index (κ2) is 6.82. The summed E-state index contributed by atoms with van der Waals surface area (Å²) in [4.78, 5) is 13.0. The van der Waals surface area contributed by atoms with Crippen LogP contribution >= 0.6 is 15.9 Å². The van der Waals surface area contributed by atoms with E-state index in [-0.39, 0.29) is 17.3 Å². The fourth-order valence-electron chi connectivity index (χ4n) is 4.40. The summed E-state index contributed by atoms with van der Waals surface area (Å²) in [6, 6.07) is 17.1. The molecule has 0 radical (unpaired) electrons. The van der Waals surface area contributed by atoms with Gasteiger partial charge in [-0.2, -0.15) is 0 Å². The third-order valence-corrected chi connectivity index (χ3v) is 6.33. The van der Waals surface area contributed by atoms with Crippen molar-refractivity contribution in [3.63, 3.8) is 0 Å². The van der Waals surface area contributed by atoms with Crippen LogP contribution in [0.25, 0.3) is 23.3 Å². The Hall–Kier alpha value is -2.52. The van der Waals surface area contributed by atoms with E-state index in [1.807, 2.05) is 0 Å². The van der Waals surface area contributed by atoms with Crippen molar-refractivity contribution < 1.29 is 9.18 Å². The van der Waals surface area contributed by atoms with Crippen LogP contribution in [-0.2, 0) is 12.8 Å². The van der Waals surface area contributed by atoms with Gasteiger partial charge in [-0.05, 0) is 76.2 Å². The minimum atomic E-state index is -0.438. The average molecular weight is 433 g/mol. The fourth-order valence-corrected chi connectivity index (χ4v) is 4.76. The number of carbonyl (C=O) groups excluding carboxylic acids is 1. The summed E-state index contributed by atoms with van der Waals surface area (Å²) in [5.74, 6) is -0.847. The molecule has 138 valence electrons. The zero-order chi connectivity index (χ0) is 19.3. The van der Waals surface area contributed by atoms with Gasteiger partial charge in [0.25, 0.3) is 0 Å². The molecule has 1 unspecified atom stereocenters. The molecule has 0 heterocycles. The highest BCUT2D eigenvalue weighted by Crippen LogP contribution is 2.29. The van der Waals surface area contributed by atoms with Crippen LogP contribution in [0.4, 0.5) is 4.39 Å². The Bertz CT molecular complexity index is 1240. The molecule has 5 rings (SSSR count). The first-order chi connectivity index (χ1) is 13.6. The summed E-state index contributed by atoms with van der Waals surface area (Å²) in [5.41, 5.74) is 5.22. The lowest BCUT2D eigenvalue weighted by atomic mass is 9.82. The second-order valence-corrected chi connectivity index (χ2v) is 8.38. The second-order valence-electron chi connectivity index (χ2n) is 7.47. The number of Topliss-reactive ketones (excluding diaryl/α,β-unsaturated/α-hetero) is 1. The van der Waals surface area contributed by atoms with Crippen molar-refractivity contribution in [2.24, 2.45) is 5.92 Å². The molecule has 2 aliphatic carbocycles. The molecule has 0 aromatic heterocycles. The van der Waals surface area contributed by atoms with Gasteiger partial charge in [0, 0.05) is 10.4 Å². The van der Waals surface area contributed by atoms with E-state index in [9.17, 15) is 9.18 Å². The van der Waals surface area contributed by atoms with Gasteiger partial charge in [-0.25, -0.2) is 4.39 Å². The molecule has 0 saturated carbocycles. The summed E-state index contributed by atoms with van der Waals surface area (Å²) in [6.07, 6.45) is 6.76. The van der Waals surface area contributed by atoms with Crippen LogP contribution in [-0.4, -0.2) is 5.78 Å². The third-order valence-electron chi connectivity index (χ3n) is 5.83. The van der Waals surface area contributed by atoms with Gasteiger partial charge < -0.3 is 0 Å². The van der Waals surface area contributed by atoms with Crippen molar-refractivity contribution >= 4 is 33.9 Å². The molecule has 0 amide bonds. The molecule has 0 spiro atoms. The minimum absolute atomic E-state index is 0.125. The first kappa shape index (κ1) is 17.6. The molecule has 0 N–H and O–H groups in total. The number of rotatable bonds is 2. The Balaban J connectivity index is 1.65. The van der Waals surface area contributed by atoms with Crippen LogP contribution in [0.2, 0.25) is 0 Å². The number of benzene rings is 3. The third kappa shape index (κ3) is 2.85. The van der Waals surface area contributed by atoms with E-state index >= 15 is 0 Å². The van der Waals surface area contributed by atoms with Gasteiger partial charge in [0.1, 0.15) is 5.82 Å². The van der Waals surface area contributed by atoms with Gasteiger partial charge in [-0.3, -0.25) is 4.79 Å². The van der Waals surface area contributed by atoms with Crippen molar-refractivity contribution in [2.45, 2.75) is 19.3 Å². The van der Waals surface area contributed by atoms with Crippen LogP contribution in [0.5, 0.6) is 0 Å². The predicted molar refractivity (Wildman–Crippen MR) is 114 cm³/mol. The molecule has 1 atom stereocenters. The largest absolute Gasteiger partial charge is 0.293 e. The zero-order valence-corrected chi connectivity index (χ0v) is 16.8. The smallest absolute Gasteiger partial charge is 0.172 e. The number of aryl methyl sites for hydroxylation is 1. The lowest BCUT2D eigenvalue weighted by Gasteiger charge is -2.21. The molecular weight excluding hydrogens is 415 g/mol. The minimum Gasteiger partial charge on any atom is -0.293 e. The van der Waals surface area contributed by atoms with Crippen molar-refractivity contribution in [1.29, 1.82) is 0 Å². The van der Waals surface area contributed by atoms with E-state index in [1.165, 1.54) is 33.5 Å². The summed E-state index contributed by atoms with van der Waals surface area (Å²) in [7, 11) is 0. The van der Waals surface area contributed by atoms with Crippen LogP contribution < -0.4 is 10.4 Å². The number of fused-ring (bicyclic) bond motifs is 5. The quantitative estimate of drug-likeness (QED) is 0.530. The predicted octanol–water partition coefficient (Wildman–Crippen LogP) is 4.82. The van der Waals surface area contributed by atoms with Gasteiger partial charge in [0.2, 0.25) is 0 Å². The van der Waals surface area contributed by atoms with E-state index in [2.05, 4.69) is 58.4 Å². The topological polar surface area (TPSA) is 17.1 Å². The van der Waals surface area contributed by atoms with Gasteiger partial charge in [-0.15, -0.1) is 0 Å². The lowest BCUT2D eigenvalue weighted by Crippen LogP contribution is -2.37. The van der Waals surface area contributed by atoms with Crippen LogP contribution in [0.3, 0.4) is 0 Å². The number of ketones is 1. The van der Waals surface area contributed by atoms with Crippen molar-refractivity contribution in [1.82, 2.24) is 0 Å². The SMILES string of the molecule is O=C(c1ccccc1F)C1C=c2c(ccc3c2=CCc2ccc(Br)cc2-3)CC1. The van der Waals surface area contributed by atoms with Gasteiger partial charge in [0.05, 0.1) is 5.56 Å². The van der Waals surface area contributed by atoms with Crippen LogP contribution in [0.1, 0.15) is 27.9 Å². The Morgan fingerprint density at radius 2 is 1.79 bits per heavy atom. The molecule has 3 aromatic rings. The number of hydrogen-bond acceptors (Lipinski definition) is 1. The molecule has 28 heavy (non-hydrogen) atoms. The Morgan fingerprint density at radius 3 is 2.64 bits per heavy atom. The molecule has 0 bridgehead atoms. The van der Waals surface area contributed by atoms with E-state index < -0.39 is 5.82 Å². The molecule has 0 aliphatic heterocycles. The molecule has 0 saturated heterocycles. The summed E-state index contributed by atoms with van der Waals surface area (Å²) < 4.78 is 15.2. The highest BCUT2D eigenvalue weighted by Gasteiger charge is 2.24. The number of carbonyl (C=O) groups is 1. The Morgan fingerprint density at radius 1 is 0.964 bits per heavy atom. The lowest BCUT2D eigenvalue weighted by molar-refractivity contribution is 0.0942. The zero-order valence-electron chi connectivity index (χ0n) is 15.2. The Kier molecular flexibility index (Phi) is 4.28. The number of hydrogen-bond donors (Lipinski definition) is 0. The van der Waals surface area contributed by atoms with E-state index in [0.29, 0.717) is 0 Å². The molecule has 1 nitrogen and oxygen atoms in total. The highest BCUT2D eigenvalue weighted by atomic mass is 79.9. The first-order valence-corrected chi connectivity index (χ1v) is 10.3. The molecule has 2 aliphatic rings. The summed E-state index contributed by atoms with van der Waals surface area (Å²) >= 11 is 3.58. The average Bonchev–Trinajstić information content (AvgIpc) is 2.72. The molecule has 0 fully saturated rings. The summed E-state index contributed by atoms with van der Waals surface area (Å²) in [6.45, 7) is 0. The Labute approximate surface area is 171 Å². The summed E-state index contributed by atoms with van der Waals surface area (Å²) in [5, 5.41) is 2.35. The monoisotopic (exact) mass is 432 g/mol. The van der Waals surface area contributed by atoms with Gasteiger partial charge in [0.15, 0.2) is 5.78 Å². The highest BCUT2D eigenvalue weighted by molar-refractivity contribution is 9.10. The fraction of sp³-hybridized carbons (Fsp3) is 0.160.